The number of aryl methyl sites for hydroxylation is 1. The van der Waals surface area contributed by atoms with E-state index in [1.807, 2.05) is 13.1 Å². The smallest absolute Gasteiger partial charge is 0.109 e. The summed E-state index contributed by atoms with van der Waals surface area (Å²) in [6.45, 7) is 3.24. The highest BCUT2D eigenvalue weighted by molar-refractivity contribution is 5.75. The Hall–Kier alpha value is -1.39. The van der Waals surface area contributed by atoms with Gasteiger partial charge in [-0.1, -0.05) is 19.1 Å². The second-order valence-corrected chi connectivity index (χ2v) is 4.88. The molecule has 0 spiro atoms. The number of para-hydroxylation sites is 2. The number of likely N-dealkylation sites (N-methyl/N-ethyl adjacent to an activating group) is 1. The fourth-order valence-electron chi connectivity index (χ4n) is 2.45. The van der Waals surface area contributed by atoms with Gasteiger partial charge >= 0.3 is 0 Å². The highest BCUT2D eigenvalue weighted by Crippen LogP contribution is 2.18. The molecular weight excluding hydrogens is 238 g/mol. The van der Waals surface area contributed by atoms with Gasteiger partial charge in [0.15, 0.2) is 0 Å². The summed E-state index contributed by atoms with van der Waals surface area (Å²) in [6, 6.07) is 8.53. The van der Waals surface area contributed by atoms with Crippen molar-refractivity contribution in [2.45, 2.75) is 38.8 Å². The lowest BCUT2D eigenvalue weighted by molar-refractivity contribution is 0.260. The summed E-state index contributed by atoms with van der Waals surface area (Å²) in [5.41, 5.74) is 2.24. The summed E-state index contributed by atoms with van der Waals surface area (Å²) in [4.78, 5) is 4.72. The first kappa shape index (κ1) is 14.0. The molecule has 1 unspecified atom stereocenters. The lowest BCUT2D eigenvalue weighted by Gasteiger charge is -2.18. The van der Waals surface area contributed by atoms with Gasteiger partial charge in [0, 0.05) is 25.6 Å². The molecule has 0 fully saturated rings. The van der Waals surface area contributed by atoms with Crippen molar-refractivity contribution in [2.75, 3.05) is 13.7 Å². The van der Waals surface area contributed by atoms with Crippen molar-refractivity contribution in [1.29, 1.82) is 0 Å². The monoisotopic (exact) mass is 261 g/mol. The summed E-state index contributed by atoms with van der Waals surface area (Å²) >= 11 is 0. The number of aromatic nitrogens is 2. The molecule has 0 bridgehead atoms. The van der Waals surface area contributed by atoms with Crippen LogP contribution in [0.1, 0.15) is 25.6 Å². The number of benzene rings is 1. The van der Waals surface area contributed by atoms with Gasteiger partial charge in [-0.2, -0.15) is 0 Å². The minimum absolute atomic E-state index is 0.210. The normalized spacial score (nSPS) is 13.0. The molecule has 4 heteroatoms. The van der Waals surface area contributed by atoms with Crippen LogP contribution in [-0.2, 0) is 13.0 Å². The number of aliphatic hydroxyl groups excluding tert-OH is 1. The minimum Gasteiger partial charge on any atom is -0.396 e. The van der Waals surface area contributed by atoms with E-state index in [0.29, 0.717) is 0 Å². The first-order chi connectivity index (χ1) is 9.30. The molecule has 1 aromatic carbocycles. The van der Waals surface area contributed by atoms with Gasteiger partial charge in [0.25, 0.3) is 0 Å². The van der Waals surface area contributed by atoms with E-state index in [2.05, 4.69) is 35.0 Å². The maximum Gasteiger partial charge on any atom is 0.109 e. The molecule has 0 saturated carbocycles. The standard InChI is InChI=1S/C15H23N3O/c1-3-6-15-17-13-7-4-5-8-14(13)18(15)11-12(16-2)9-10-19/h4-5,7-8,12,16,19H,3,6,9-11H2,1-2H3. The molecule has 1 heterocycles. The van der Waals surface area contributed by atoms with E-state index in [4.69, 9.17) is 10.1 Å². The van der Waals surface area contributed by atoms with Crippen LogP contribution in [0.2, 0.25) is 0 Å². The third kappa shape index (κ3) is 3.14. The molecule has 1 aromatic heterocycles. The summed E-state index contributed by atoms with van der Waals surface area (Å²) < 4.78 is 2.29. The summed E-state index contributed by atoms with van der Waals surface area (Å²) in [6.07, 6.45) is 2.84. The molecule has 2 rings (SSSR count). The zero-order valence-corrected chi connectivity index (χ0v) is 11.8. The third-order valence-corrected chi connectivity index (χ3v) is 3.50. The number of hydrogen-bond donors (Lipinski definition) is 2. The van der Waals surface area contributed by atoms with Crippen LogP contribution in [0.3, 0.4) is 0 Å². The van der Waals surface area contributed by atoms with Crippen LogP contribution in [0.5, 0.6) is 0 Å². The molecule has 2 aromatic rings. The first-order valence-corrected chi connectivity index (χ1v) is 7.02. The van der Waals surface area contributed by atoms with Crippen molar-refractivity contribution < 1.29 is 5.11 Å². The molecule has 2 N–H and O–H groups in total. The average Bonchev–Trinajstić information content (AvgIpc) is 2.77. The van der Waals surface area contributed by atoms with E-state index >= 15 is 0 Å². The second kappa shape index (κ2) is 6.68. The Morgan fingerprint density at radius 3 is 2.84 bits per heavy atom. The van der Waals surface area contributed by atoms with Crippen LogP contribution in [0.4, 0.5) is 0 Å². The Bertz CT molecular complexity index is 521. The highest BCUT2D eigenvalue weighted by Gasteiger charge is 2.13. The largest absolute Gasteiger partial charge is 0.396 e. The maximum absolute atomic E-state index is 9.12. The van der Waals surface area contributed by atoms with E-state index in [-0.39, 0.29) is 12.6 Å². The van der Waals surface area contributed by atoms with Crippen molar-refractivity contribution in [2.24, 2.45) is 0 Å². The Balaban J connectivity index is 2.35. The van der Waals surface area contributed by atoms with Crippen molar-refractivity contribution in [3.63, 3.8) is 0 Å². The summed E-state index contributed by atoms with van der Waals surface area (Å²) in [5, 5.41) is 12.4. The van der Waals surface area contributed by atoms with Crippen molar-refractivity contribution in [3.05, 3.63) is 30.1 Å². The zero-order valence-electron chi connectivity index (χ0n) is 11.8. The van der Waals surface area contributed by atoms with Gasteiger partial charge in [-0.3, -0.25) is 0 Å². The van der Waals surface area contributed by atoms with Crippen molar-refractivity contribution >= 4 is 11.0 Å². The molecule has 0 radical (unpaired) electrons. The van der Waals surface area contributed by atoms with Gasteiger partial charge < -0.3 is 15.0 Å². The first-order valence-electron chi connectivity index (χ1n) is 7.02. The third-order valence-electron chi connectivity index (χ3n) is 3.50. The molecule has 104 valence electrons. The number of imidazole rings is 1. The topological polar surface area (TPSA) is 50.1 Å². The molecule has 0 aliphatic heterocycles. The van der Waals surface area contributed by atoms with E-state index < -0.39 is 0 Å². The number of nitrogens with zero attached hydrogens (tertiary/aromatic N) is 2. The Labute approximate surface area is 114 Å². The number of nitrogens with one attached hydrogen (secondary N) is 1. The maximum atomic E-state index is 9.12. The van der Waals surface area contributed by atoms with E-state index in [1.54, 1.807) is 0 Å². The van der Waals surface area contributed by atoms with Gasteiger partial charge in [-0.15, -0.1) is 0 Å². The molecule has 19 heavy (non-hydrogen) atoms. The molecule has 0 aliphatic rings. The Morgan fingerprint density at radius 1 is 1.37 bits per heavy atom. The van der Waals surface area contributed by atoms with Crippen LogP contribution in [0.25, 0.3) is 11.0 Å². The predicted octanol–water partition coefficient (Wildman–Crippen LogP) is 1.96. The zero-order chi connectivity index (χ0) is 13.7. The molecule has 0 amide bonds. The van der Waals surface area contributed by atoms with Crippen LogP contribution in [0.15, 0.2) is 24.3 Å². The van der Waals surface area contributed by atoms with E-state index in [9.17, 15) is 0 Å². The number of fused-ring (bicyclic) bond motifs is 1. The van der Waals surface area contributed by atoms with Gasteiger partial charge in [-0.25, -0.2) is 4.98 Å². The van der Waals surface area contributed by atoms with Crippen molar-refractivity contribution in [3.8, 4) is 0 Å². The van der Waals surface area contributed by atoms with Crippen LogP contribution in [0, 0.1) is 0 Å². The highest BCUT2D eigenvalue weighted by atomic mass is 16.3. The molecular formula is C15H23N3O. The SMILES string of the molecule is CCCc1nc2ccccc2n1CC(CCO)NC. The summed E-state index contributed by atoms with van der Waals surface area (Å²) in [7, 11) is 1.94. The lowest BCUT2D eigenvalue weighted by Crippen LogP contribution is -2.31. The molecule has 0 saturated heterocycles. The Morgan fingerprint density at radius 2 is 2.16 bits per heavy atom. The fourth-order valence-corrected chi connectivity index (χ4v) is 2.45. The van der Waals surface area contributed by atoms with Crippen LogP contribution >= 0.6 is 0 Å². The predicted molar refractivity (Wildman–Crippen MR) is 78.3 cm³/mol. The number of aliphatic hydroxyl groups is 1. The fraction of sp³-hybridized carbons (Fsp3) is 0.533. The van der Waals surface area contributed by atoms with Gasteiger partial charge in [0.1, 0.15) is 5.82 Å². The molecule has 0 aliphatic carbocycles. The van der Waals surface area contributed by atoms with E-state index in [1.165, 1.54) is 5.52 Å². The number of hydrogen-bond acceptors (Lipinski definition) is 3. The van der Waals surface area contributed by atoms with Crippen LogP contribution in [-0.4, -0.2) is 34.4 Å². The quantitative estimate of drug-likeness (QED) is 0.801. The molecule has 1 atom stereocenters. The molecule has 4 nitrogen and oxygen atoms in total. The van der Waals surface area contributed by atoms with Gasteiger partial charge in [-0.05, 0) is 32.0 Å². The summed E-state index contributed by atoms with van der Waals surface area (Å²) in [5.74, 6) is 1.14. The minimum atomic E-state index is 0.210. The average molecular weight is 261 g/mol. The van der Waals surface area contributed by atoms with Crippen molar-refractivity contribution in [1.82, 2.24) is 14.9 Å². The Kier molecular flexibility index (Phi) is 4.93. The van der Waals surface area contributed by atoms with Crippen LogP contribution < -0.4 is 5.32 Å². The lowest BCUT2D eigenvalue weighted by atomic mass is 10.2. The van der Waals surface area contributed by atoms with E-state index in [0.717, 1.165) is 37.1 Å². The van der Waals surface area contributed by atoms with Gasteiger partial charge in [0.2, 0.25) is 0 Å². The van der Waals surface area contributed by atoms with Gasteiger partial charge in [0.05, 0.1) is 11.0 Å². The number of rotatable bonds is 7. The second-order valence-electron chi connectivity index (χ2n) is 4.88.